The molecule has 1 rings (SSSR count). The highest BCUT2D eigenvalue weighted by molar-refractivity contribution is 5.80. The number of carbonyl (C=O) groups excluding carboxylic acids is 1. The van der Waals surface area contributed by atoms with Crippen molar-refractivity contribution in [3.8, 4) is 5.75 Å². The first-order valence-corrected chi connectivity index (χ1v) is 6.82. The molecule has 106 valence electrons. The second kappa shape index (κ2) is 7.92. The van der Waals surface area contributed by atoms with E-state index >= 15 is 0 Å². The van der Waals surface area contributed by atoms with Gasteiger partial charge in [-0.15, -0.1) is 0 Å². The van der Waals surface area contributed by atoms with Crippen molar-refractivity contribution in [2.75, 3.05) is 13.1 Å². The van der Waals surface area contributed by atoms with Crippen molar-refractivity contribution in [3.05, 3.63) is 28.8 Å². The van der Waals surface area contributed by atoms with Gasteiger partial charge in [0.15, 0.2) is 6.29 Å². The number of nitrogens with two attached hydrogens (primary N) is 2. The van der Waals surface area contributed by atoms with E-state index in [1.54, 1.807) is 6.07 Å². The lowest BCUT2D eigenvalue weighted by atomic mass is 9.88. The van der Waals surface area contributed by atoms with Crippen LogP contribution in [0.5, 0.6) is 5.75 Å². The Morgan fingerprint density at radius 3 is 2.26 bits per heavy atom. The number of hydrogen-bond donors (Lipinski definition) is 3. The molecule has 1 aromatic carbocycles. The van der Waals surface area contributed by atoms with Gasteiger partial charge in [0.1, 0.15) is 5.75 Å². The minimum absolute atomic E-state index is 0.0788. The molecule has 0 saturated heterocycles. The first kappa shape index (κ1) is 15.7. The van der Waals surface area contributed by atoms with Crippen LogP contribution in [-0.2, 0) is 0 Å². The average molecular weight is 264 g/mol. The Balaban J connectivity index is 2.99. The predicted molar refractivity (Wildman–Crippen MR) is 77.5 cm³/mol. The van der Waals surface area contributed by atoms with E-state index in [9.17, 15) is 9.90 Å². The molecule has 0 aliphatic carbocycles. The number of hydrogen-bond acceptors (Lipinski definition) is 4. The Labute approximate surface area is 114 Å². The van der Waals surface area contributed by atoms with E-state index in [-0.39, 0.29) is 5.75 Å². The van der Waals surface area contributed by atoms with E-state index in [4.69, 9.17) is 11.5 Å². The molecule has 0 radical (unpaired) electrons. The number of aryl methyl sites for hydroxylation is 1. The molecular formula is C15H24N2O2. The lowest BCUT2D eigenvalue weighted by Crippen LogP contribution is -2.08. The molecule has 0 unspecified atom stereocenters. The minimum atomic E-state index is 0.0788. The summed E-state index contributed by atoms with van der Waals surface area (Å²) in [5.41, 5.74) is 13.3. The van der Waals surface area contributed by atoms with Crippen LogP contribution in [0.4, 0.5) is 0 Å². The van der Waals surface area contributed by atoms with Crippen LogP contribution in [0.1, 0.15) is 53.1 Å². The van der Waals surface area contributed by atoms with Crippen LogP contribution in [0.2, 0.25) is 0 Å². The van der Waals surface area contributed by atoms with Crippen LogP contribution in [0.25, 0.3) is 0 Å². The van der Waals surface area contributed by atoms with E-state index in [2.05, 4.69) is 0 Å². The van der Waals surface area contributed by atoms with Crippen LogP contribution in [-0.4, -0.2) is 24.5 Å². The molecule has 0 atom stereocenters. The number of benzene rings is 1. The Kier molecular flexibility index (Phi) is 6.53. The monoisotopic (exact) mass is 264 g/mol. The summed E-state index contributed by atoms with van der Waals surface area (Å²) in [6, 6.07) is 3.74. The smallest absolute Gasteiger partial charge is 0.153 e. The van der Waals surface area contributed by atoms with Crippen LogP contribution in [0, 0.1) is 6.92 Å². The molecule has 0 aliphatic heterocycles. The summed E-state index contributed by atoms with van der Waals surface area (Å²) in [5.74, 6) is 0.431. The fraction of sp³-hybridized carbons (Fsp3) is 0.533. The van der Waals surface area contributed by atoms with Crippen LogP contribution in [0.3, 0.4) is 0 Å². The molecule has 0 fully saturated rings. The van der Waals surface area contributed by atoms with Gasteiger partial charge in [0.25, 0.3) is 0 Å². The second-order valence-corrected chi connectivity index (χ2v) is 4.95. The molecule has 4 nitrogen and oxygen atoms in total. The summed E-state index contributed by atoms with van der Waals surface area (Å²) in [6.07, 6.45) is 4.57. The quantitative estimate of drug-likeness (QED) is 0.627. The highest BCUT2D eigenvalue weighted by Gasteiger charge is 2.14. The molecule has 19 heavy (non-hydrogen) atoms. The molecule has 0 spiro atoms. The van der Waals surface area contributed by atoms with Crippen molar-refractivity contribution in [2.45, 2.75) is 38.5 Å². The van der Waals surface area contributed by atoms with Crippen molar-refractivity contribution < 1.29 is 9.90 Å². The first-order chi connectivity index (χ1) is 9.13. The van der Waals surface area contributed by atoms with E-state index in [1.807, 2.05) is 13.0 Å². The van der Waals surface area contributed by atoms with E-state index in [1.165, 1.54) is 0 Å². The van der Waals surface area contributed by atoms with Crippen molar-refractivity contribution in [2.24, 2.45) is 11.5 Å². The number of phenolic OH excluding ortho intramolecular Hbond substituents is 1. The number of aldehydes is 1. The number of phenols is 1. The maximum absolute atomic E-state index is 11.0. The zero-order valence-corrected chi connectivity index (χ0v) is 11.6. The molecule has 0 aliphatic rings. The molecule has 5 N–H and O–H groups in total. The van der Waals surface area contributed by atoms with Crippen molar-refractivity contribution in [1.29, 1.82) is 0 Å². The first-order valence-electron chi connectivity index (χ1n) is 6.82. The molecule has 4 heteroatoms. The molecular weight excluding hydrogens is 240 g/mol. The Bertz CT molecular complexity index is 411. The van der Waals surface area contributed by atoms with E-state index in [0.29, 0.717) is 30.9 Å². The maximum Gasteiger partial charge on any atom is 0.153 e. The average Bonchev–Trinajstić information content (AvgIpc) is 2.42. The van der Waals surface area contributed by atoms with E-state index < -0.39 is 0 Å². The Morgan fingerprint density at radius 2 is 1.79 bits per heavy atom. The topological polar surface area (TPSA) is 89.3 Å². The molecule has 0 amide bonds. The van der Waals surface area contributed by atoms with Gasteiger partial charge in [-0.3, -0.25) is 4.79 Å². The van der Waals surface area contributed by atoms with Gasteiger partial charge in [-0.2, -0.15) is 0 Å². The van der Waals surface area contributed by atoms with Crippen molar-refractivity contribution in [1.82, 2.24) is 0 Å². The van der Waals surface area contributed by atoms with Crippen molar-refractivity contribution in [3.63, 3.8) is 0 Å². The third-order valence-electron chi connectivity index (χ3n) is 3.46. The normalized spacial score (nSPS) is 10.9. The summed E-state index contributed by atoms with van der Waals surface area (Å²) in [5, 5.41) is 9.78. The second-order valence-electron chi connectivity index (χ2n) is 4.95. The van der Waals surface area contributed by atoms with Crippen molar-refractivity contribution >= 4 is 6.29 Å². The summed E-state index contributed by atoms with van der Waals surface area (Å²) in [4.78, 5) is 11.0. The molecule has 0 bridgehead atoms. The van der Waals surface area contributed by atoms with E-state index in [0.717, 1.165) is 36.8 Å². The van der Waals surface area contributed by atoms with Gasteiger partial charge in [-0.1, -0.05) is 6.07 Å². The summed E-state index contributed by atoms with van der Waals surface area (Å²) >= 11 is 0. The summed E-state index contributed by atoms with van der Waals surface area (Å²) in [6.45, 7) is 3.14. The highest BCUT2D eigenvalue weighted by Crippen LogP contribution is 2.31. The fourth-order valence-corrected chi connectivity index (χ4v) is 2.37. The van der Waals surface area contributed by atoms with Crippen LogP contribution < -0.4 is 11.5 Å². The minimum Gasteiger partial charge on any atom is -0.507 e. The van der Waals surface area contributed by atoms with Crippen LogP contribution >= 0.6 is 0 Å². The number of carbonyl (C=O) groups is 1. The van der Waals surface area contributed by atoms with Gasteiger partial charge in [-0.05, 0) is 68.8 Å². The summed E-state index contributed by atoms with van der Waals surface area (Å²) < 4.78 is 0. The number of aromatic hydroxyl groups is 1. The van der Waals surface area contributed by atoms with Gasteiger partial charge in [0.2, 0.25) is 0 Å². The fourth-order valence-electron chi connectivity index (χ4n) is 2.37. The lowest BCUT2D eigenvalue weighted by molar-refractivity contribution is 0.112. The van der Waals surface area contributed by atoms with Gasteiger partial charge < -0.3 is 16.6 Å². The third-order valence-corrected chi connectivity index (χ3v) is 3.46. The highest BCUT2D eigenvalue weighted by atomic mass is 16.3. The zero-order valence-electron chi connectivity index (χ0n) is 11.6. The Morgan fingerprint density at radius 1 is 1.21 bits per heavy atom. The van der Waals surface area contributed by atoms with Crippen LogP contribution in [0.15, 0.2) is 12.1 Å². The van der Waals surface area contributed by atoms with Gasteiger partial charge >= 0.3 is 0 Å². The molecule has 0 aromatic heterocycles. The third kappa shape index (κ3) is 4.33. The summed E-state index contributed by atoms with van der Waals surface area (Å²) in [7, 11) is 0. The number of rotatable bonds is 8. The lowest BCUT2D eigenvalue weighted by Gasteiger charge is -2.18. The van der Waals surface area contributed by atoms with Gasteiger partial charge in [-0.25, -0.2) is 0 Å². The maximum atomic E-state index is 11.0. The largest absolute Gasteiger partial charge is 0.507 e. The predicted octanol–water partition coefficient (Wildman–Crippen LogP) is 2.07. The van der Waals surface area contributed by atoms with Gasteiger partial charge in [0, 0.05) is 0 Å². The zero-order chi connectivity index (χ0) is 14.3. The standard InChI is InChI=1S/C15H24N2O2/c1-11-8-13(9-14(10-18)15(11)19)12(4-2-6-16)5-3-7-17/h8-10,12,19H,2-7,16-17H2,1H3. The van der Waals surface area contributed by atoms with Gasteiger partial charge in [0.05, 0.1) is 5.56 Å². The molecule has 0 heterocycles. The molecule has 1 aromatic rings. The molecule has 0 saturated carbocycles. The Hall–Kier alpha value is -1.39. The SMILES string of the molecule is Cc1cc(C(CCCN)CCCN)cc(C=O)c1O.